The summed E-state index contributed by atoms with van der Waals surface area (Å²) < 4.78 is 0. The van der Waals surface area contributed by atoms with Gasteiger partial charge in [0.25, 0.3) is 5.91 Å². The van der Waals surface area contributed by atoms with E-state index in [-0.39, 0.29) is 11.6 Å². The van der Waals surface area contributed by atoms with Crippen molar-refractivity contribution in [3.8, 4) is 0 Å². The summed E-state index contributed by atoms with van der Waals surface area (Å²) in [4.78, 5) is 15.9. The number of nitrogens with zero attached hydrogens (tertiary/aromatic N) is 3. The number of nitrogens with two attached hydrogens (primary N) is 1. The standard InChI is InChI=1S/C11H12N6O/c1-7-8(3-2-6-13-7)14-11(18)9-4-5-10(15-12)17-16-9/h2-6H,12H2,1H3,(H,14,18)(H,15,17). The fourth-order valence-electron chi connectivity index (χ4n) is 1.33. The third-order valence-electron chi connectivity index (χ3n) is 2.30. The lowest BCUT2D eigenvalue weighted by Gasteiger charge is -2.06. The van der Waals surface area contributed by atoms with E-state index >= 15 is 0 Å². The molecule has 0 bridgehead atoms. The number of hydrogen-bond donors (Lipinski definition) is 3. The molecule has 0 aromatic carbocycles. The molecule has 0 atom stereocenters. The Morgan fingerprint density at radius 2 is 2.11 bits per heavy atom. The number of aromatic nitrogens is 3. The van der Waals surface area contributed by atoms with Gasteiger partial charge >= 0.3 is 0 Å². The Kier molecular flexibility index (Phi) is 3.44. The second-order valence-corrected chi connectivity index (χ2v) is 3.54. The fraction of sp³-hybridized carbons (Fsp3) is 0.0909. The van der Waals surface area contributed by atoms with Crippen LogP contribution >= 0.6 is 0 Å². The van der Waals surface area contributed by atoms with Gasteiger partial charge in [-0.1, -0.05) is 0 Å². The molecule has 92 valence electrons. The Bertz CT molecular complexity index is 554. The topological polar surface area (TPSA) is 106 Å². The van der Waals surface area contributed by atoms with Gasteiger partial charge in [-0.15, -0.1) is 10.2 Å². The zero-order chi connectivity index (χ0) is 13.0. The molecule has 2 aromatic heterocycles. The van der Waals surface area contributed by atoms with Crippen molar-refractivity contribution in [1.82, 2.24) is 15.2 Å². The molecule has 18 heavy (non-hydrogen) atoms. The first-order valence-electron chi connectivity index (χ1n) is 5.24. The maximum absolute atomic E-state index is 11.9. The van der Waals surface area contributed by atoms with Gasteiger partial charge in [-0.2, -0.15) is 0 Å². The van der Waals surface area contributed by atoms with Gasteiger partial charge in [-0.25, -0.2) is 5.84 Å². The molecule has 0 radical (unpaired) electrons. The molecule has 0 spiro atoms. The van der Waals surface area contributed by atoms with Crippen molar-refractivity contribution in [3.05, 3.63) is 41.9 Å². The second-order valence-electron chi connectivity index (χ2n) is 3.54. The van der Waals surface area contributed by atoms with Crippen LogP contribution in [0, 0.1) is 6.92 Å². The summed E-state index contributed by atoms with van der Waals surface area (Å²) in [5.74, 6) is 5.21. The number of nitrogens with one attached hydrogen (secondary N) is 2. The number of nitrogen functional groups attached to an aromatic ring is 1. The van der Waals surface area contributed by atoms with Crippen LogP contribution in [0.3, 0.4) is 0 Å². The summed E-state index contributed by atoms with van der Waals surface area (Å²) in [5, 5.41) is 10.2. The maximum atomic E-state index is 11.9. The van der Waals surface area contributed by atoms with Crippen LogP contribution in [0.5, 0.6) is 0 Å². The zero-order valence-electron chi connectivity index (χ0n) is 9.71. The van der Waals surface area contributed by atoms with Crippen LogP contribution in [0.4, 0.5) is 11.5 Å². The molecular formula is C11H12N6O. The molecule has 0 fully saturated rings. The molecule has 7 heteroatoms. The van der Waals surface area contributed by atoms with E-state index in [4.69, 9.17) is 5.84 Å². The van der Waals surface area contributed by atoms with Crippen LogP contribution in [0.1, 0.15) is 16.2 Å². The first-order valence-corrected chi connectivity index (χ1v) is 5.24. The van der Waals surface area contributed by atoms with Gasteiger partial charge in [-0.3, -0.25) is 9.78 Å². The molecule has 0 unspecified atom stereocenters. The van der Waals surface area contributed by atoms with Gasteiger partial charge in [0.1, 0.15) is 0 Å². The summed E-state index contributed by atoms with van der Waals surface area (Å²) >= 11 is 0. The van der Waals surface area contributed by atoms with Gasteiger partial charge < -0.3 is 10.7 Å². The maximum Gasteiger partial charge on any atom is 0.276 e. The number of hydrogen-bond acceptors (Lipinski definition) is 6. The molecule has 2 rings (SSSR count). The molecule has 0 aliphatic carbocycles. The minimum atomic E-state index is -0.345. The fourth-order valence-corrected chi connectivity index (χ4v) is 1.33. The van der Waals surface area contributed by atoms with Crippen molar-refractivity contribution in [2.75, 3.05) is 10.7 Å². The highest BCUT2D eigenvalue weighted by molar-refractivity contribution is 6.03. The monoisotopic (exact) mass is 244 g/mol. The lowest BCUT2D eigenvalue weighted by molar-refractivity contribution is 0.102. The van der Waals surface area contributed by atoms with Gasteiger partial charge in [0.2, 0.25) is 0 Å². The molecule has 1 amide bonds. The van der Waals surface area contributed by atoms with Crippen LogP contribution < -0.4 is 16.6 Å². The molecule has 4 N–H and O–H groups in total. The van der Waals surface area contributed by atoms with Gasteiger partial charge in [0.05, 0.1) is 11.4 Å². The van der Waals surface area contributed by atoms with Crippen LogP contribution in [-0.2, 0) is 0 Å². The Labute approximate surface area is 103 Å². The Morgan fingerprint density at radius 3 is 2.72 bits per heavy atom. The molecule has 0 aliphatic heterocycles. The minimum absolute atomic E-state index is 0.206. The van der Waals surface area contributed by atoms with Gasteiger partial charge in [-0.05, 0) is 31.2 Å². The first-order chi connectivity index (χ1) is 8.70. The van der Waals surface area contributed by atoms with Crippen molar-refractivity contribution in [1.29, 1.82) is 0 Å². The number of carbonyl (C=O) groups excluding carboxylic acids is 1. The van der Waals surface area contributed by atoms with Crippen molar-refractivity contribution in [3.63, 3.8) is 0 Å². The number of carbonyl (C=O) groups is 1. The minimum Gasteiger partial charge on any atom is -0.319 e. The summed E-state index contributed by atoms with van der Waals surface area (Å²) in [6.07, 6.45) is 1.66. The van der Waals surface area contributed by atoms with E-state index < -0.39 is 0 Å². The normalized spacial score (nSPS) is 9.89. The van der Waals surface area contributed by atoms with E-state index in [1.165, 1.54) is 6.07 Å². The van der Waals surface area contributed by atoms with E-state index in [9.17, 15) is 4.79 Å². The summed E-state index contributed by atoms with van der Waals surface area (Å²) in [5.41, 5.74) is 3.92. The number of aryl methyl sites for hydroxylation is 1. The quantitative estimate of drug-likeness (QED) is 0.542. The summed E-state index contributed by atoms with van der Waals surface area (Å²) in [6.45, 7) is 1.81. The number of rotatable bonds is 3. The van der Waals surface area contributed by atoms with Crippen molar-refractivity contribution in [2.45, 2.75) is 6.92 Å². The molecule has 0 saturated carbocycles. The van der Waals surface area contributed by atoms with Crippen molar-refractivity contribution < 1.29 is 4.79 Å². The number of amides is 1. The lowest BCUT2D eigenvalue weighted by Crippen LogP contribution is -2.16. The van der Waals surface area contributed by atoms with Crippen LogP contribution in [-0.4, -0.2) is 21.1 Å². The second kappa shape index (κ2) is 5.19. The third kappa shape index (κ3) is 2.58. The van der Waals surface area contributed by atoms with E-state index in [1.807, 2.05) is 6.92 Å². The molecule has 2 aromatic rings. The Hall–Kier alpha value is -2.54. The lowest BCUT2D eigenvalue weighted by atomic mass is 10.3. The van der Waals surface area contributed by atoms with E-state index in [2.05, 4.69) is 25.9 Å². The highest BCUT2D eigenvalue weighted by Crippen LogP contribution is 2.11. The SMILES string of the molecule is Cc1ncccc1NC(=O)c1ccc(NN)nn1. The van der Waals surface area contributed by atoms with Crippen LogP contribution in [0.2, 0.25) is 0 Å². The first kappa shape index (κ1) is 11.9. The molecule has 0 aliphatic rings. The molecule has 2 heterocycles. The van der Waals surface area contributed by atoms with Crippen molar-refractivity contribution in [2.24, 2.45) is 5.84 Å². The predicted molar refractivity (Wildman–Crippen MR) is 66.8 cm³/mol. The van der Waals surface area contributed by atoms with Crippen molar-refractivity contribution >= 4 is 17.4 Å². The molecule has 0 saturated heterocycles. The van der Waals surface area contributed by atoms with E-state index in [1.54, 1.807) is 24.4 Å². The van der Waals surface area contributed by atoms with E-state index in [0.717, 1.165) is 5.69 Å². The predicted octanol–water partition coefficient (Wildman–Crippen LogP) is 0.718. The highest BCUT2D eigenvalue weighted by Gasteiger charge is 2.09. The average molecular weight is 244 g/mol. The van der Waals surface area contributed by atoms with Crippen LogP contribution in [0.25, 0.3) is 0 Å². The average Bonchev–Trinajstić information content (AvgIpc) is 2.41. The number of pyridine rings is 1. The summed E-state index contributed by atoms with van der Waals surface area (Å²) in [7, 11) is 0. The zero-order valence-corrected chi connectivity index (χ0v) is 9.71. The van der Waals surface area contributed by atoms with Crippen LogP contribution in [0.15, 0.2) is 30.5 Å². The number of anilines is 2. The summed E-state index contributed by atoms with van der Waals surface area (Å²) in [6, 6.07) is 6.61. The van der Waals surface area contributed by atoms with E-state index in [0.29, 0.717) is 11.5 Å². The third-order valence-corrected chi connectivity index (χ3v) is 2.30. The molecule has 7 nitrogen and oxygen atoms in total. The largest absolute Gasteiger partial charge is 0.319 e. The Balaban J connectivity index is 2.14. The molecular weight excluding hydrogens is 232 g/mol. The highest BCUT2D eigenvalue weighted by atomic mass is 16.1. The smallest absolute Gasteiger partial charge is 0.276 e. The van der Waals surface area contributed by atoms with Gasteiger partial charge in [0.15, 0.2) is 11.5 Å². The van der Waals surface area contributed by atoms with Gasteiger partial charge in [0, 0.05) is 6.20 Å². The number of hydrazine groups is 1. The Morgan fingerprint density at radius 1 is 1.28 bits per heavy atom.